The third-order valence-corrected chi connectivity index (χ3v) is 4.77. The van der Waals surface area contributed by atoms with Crippen LogP contribution in [0.25, 0.3) is 10.6 Å². The topological polar surface area (TPSA) is 22.1 Å². The number of halogens is 1. The molecule has 4 rings (SSSR count). The first-order valence-electron chi connectivity index (χ1n) is 7.29. The van der Waals surface area contributed by atoms with Crippen molar-refractivity contribution < 1.29 is 9.13 Å². The average Bonchev–Trinajstić information content (AvgIpc) is 3.22. The molecule has 2 aromatic carbocycles. The van der Waals surface area contributed by atoms with Gasteiger partial charge in [0.1, 0.15) is 22.3 Å². The lowest BCUT2D eigenvalue weighted by molar-refractivity contribution is 0.474. The Morgan fingerprint density at radius 2 is 1.82 bits per heavy atom. The number of hydrogen-bond donors (Lipinski definition) is 0. The van der Waals surface area contributed by atoms with Crippen LogP contribution in [0.15, 0.2) is 48.0 Å². The number of ether oxygens (including phenoxy) is 1. The maximum Gasteiger partial charge on any atom is 0.131 e. The molecule has 1 aliphatic carbocycles. The van der Waals surface area contributed by atoms with Crippen molar-refractivity contribution in [3.8, 4) is 22.1 Å². The molecule has 22 heavy (non-hydrogen) atoms. The van der Waals surface area contributed by atoms with Crippen LogP contribution < -0.4 is 4.74 Å². The summed E-state index contributed by atoms with van der Waals surface area (Å²) in [6.07, 6.45) is 4.49. The summed E-state index contributed by atoms with van der Waals surface area (Å²) in [7, 11) is 0. The first-order valence-corrected chi connectivity index (χ1v) is 8.17. The lowest BCUT2D eigenvalue weighted by Gasteiger charge is -2.11. The standard InChI is InChI=1S/C18H14FNOS/c19-16-8-9-17(15-3-1-2-14(15)16)21-13-6-4-12(5-7-13)18-20-10-11-22-18/h4-11H,1-3H2. The van der Waals surface area contributed by atoms with E-state index in [2.05, 4.69) is 4.98 Å². The number of hydrogen-bond acceptors (Lipinski definition) is 3. The first kappa shape index (κ1) is 13.5. The molecule has 0 spiro atoms. The highest BCUT2D eigenvalue weighted by molar-refractivity contribution is 7.13. The first-order chi connectivity index (χ1) is 10.8. The molecule has 0 atom stereocenters. The molecular formula is C18H14FNOS. The fourth-order valence-corrected chi connectivity index (χ4v) is 3.53. The molecule has 1 heterocycles. The zero-order chi connectivity index (χ0) is 14.9. The fraction of sp³-hybridized carbons (Fsp3) is 0.167. The number of fused-ring (bicyclic) bond motifs is 1. The number of benzene rings is 2. The van der Waals surface area contributed by atoms with E-state index < -0.39 is 0 Å². The van der Waals surface area contributed by atoms with E-state index in [1.54, 1.807) is 23.6 Å². The van der Waals surface area contributed by atoms with Gasteiger partial charge in [0.05, 0.1) is 0 Å². The van der Waals surface area contributed by atoms with Crippen LogP contribution in [0.4, 0.5) is 4.39 Å². The number of nitrogens with zero attached hydrogens (tertiary/aromatic N) is 1. The highest BCUT2D eigenvalue weighted by Gasteiger charge is 2.20. The summed E-state index contributed by atoms with van der Waals surface area (Å²) in [5.74, 6) is 1.43. The monoisotopic (exact) mass is 311 g/mol. The minimum absolute atomic E-state index is 0.112. The predicted octanol–water partition coefficient (Wildman–Crippen LogP) is 5.23. The number of aromatic nitrogens is 1. The summed E-state index contributed by atoms with van der Waals surface area (Å²) in [5.41, 5.74) is 2.91. The normalized spacial score (nSPS) is 13.1. The Morgan fingerprint density at radius 1 is 1.00 bits per heavy atom. The molecule has 3 aromatic rings. The molecule has 0 aliphatic heterocycles. The van der Waals surface area contributed by atoms with Crippen LogP contribution in [0.3, 0.4) is 0 Å². The van der Waals surface area contributed by atoms with Gasteiger partial charge in [-0.15, -0.1) is 11.3 Å². The smallest absolute Gasteiger partial charge is 0.131 e. The molecule has 0 saturated heterocycles. The molecule has 0 bridgehead atoms. The SMILES string of the molecule is Fc1ccc(Oc2ccc(-c3nccs3)cc2)c2c1CCC2. The van der Waals surface area contributed by atoms with Crippen LogP contribution in [0, 0.1) is 5.82 Å². The van der Waals surface area contributed by atoms with Gasteiger partial charge in [0.25, 0.3) is 0 Å². The van der Waals surface area contributed by atoms with Gasteiger partial charge in [-0.25, -0.2) is 9.37 Å². The molecule has 0 saturated carbocycles. The summed E-state index contributed by atoms with van der Waals surface area (Å²) in [6, 6.07) is 11.1. The summed E-state index contributed by atoms with van der Waals surface area (Å²) in [5, 5.41) is 2.95. The fourth-order valence-electron chi connectivity index (χ4n) is 2.88. The maximum absolute atomic E-state index is 13.8. The zero-order valence-electron chi connectivity index (χ0n) is 11.9. The van der Waals surface area contributed by atoms with Crippen molar-refractivity contribution in [2.45, 2.75) is 19.3 Å². The van der Waals surface area contributed by atoms with Crippen LogP contribution in [-0.2, 0) is 12.8 Å². The molecule has 0 N–H and O–H groups in total. The van der Waals surface area contributed by atoms with E-state index in [0.29, 0.717) is 0 Å². The van der Waals surface area contributed by atoms with Crippen molar-refractivity contribution in [1.29, 1.82) is 0 Å². The van der Waals surface area contributed by atoms with Crippen molar-refractivity contribution >= 4 is 11.3 Å². The van der Waals surface area contributed by atoms with Gasteiger partial charge in [-0.3, -0.25) is 0 Å². The Balaban J connectivity index is 1.61. The van der Waals surface area contributed by atoms with Crippen LogP contribution >= 0.6 is 11.3 Å². The largest absolute Gasteiger partial charge is 0.457 e. The highest BCUT2D eigenvalue weighted by Crippen LogP contribution is 2.35. The minimum Gasteiger partial charge on any atom is -0.457 e. The van der Waals surface area contributed by atoms with Crippen LogP contribution in [-0.4, -0.2) is 4.98 Å². The summed E-state index contributed by atoms with van der Waals surface area (Å²) < 4.78 is 19.7. The maximum atomic E-state index is 13.8. The second kappa shape index (κ2) is 5.54. The van der Waals surface area contributed by atoms with Gasteiger partial charge in [-0.1, -0.05) is 0 Å². The van der Waals surface area contributed by atoms with E-state index in [0.717, 1.165) is 52.5 Å². The van der Waals surface area contributed by atoms with Crippen LogP contribution in [0.1, 0.15) is 17.5 Å². The lowest BCUT2D eigenvalue weighted by atomic mass is 10.1. The second-order valence-electron chi connectivity index (χ2n) is 5.32. The van der Waals surface area contributed by atoms with Crippen LogP contribution in [0.5, 0.6) is 11.5 Å². The van der Waals surface area contributed by atoms with Crippen molar-refractivity contribution in [3.05, 3.63) is 64.9 Å². The molecular weight excluding hydrogens is 297 g/mol. The van der Waals surface area contributed by atoms with E-state index in [1.165, 1.54) is 6.07 Å². The molecule has 1 aliphatic rings. The Kier molecular flexibility index (Phi) is 3.39. The van der Waals surface area contributed by atoms with E-state index in [9.17, 15) is 4.39 Å². The van der Waals surface area contributed by atoms with E-state index in [-0.39, 0.29) is 5.82 Å². The number of thiazole rings is 1. The van der Waals surface area contributed by atoms with E-state index >= 15 is 0 Å². The third kappa shape index (κ3) is 2.40. The summed E-state index contributed by atoms with van der Waals surface area (Å²) in [4.78, 5) is 4.29. The van der Waals surface area contributed by atoms with Crippen molar-refractivity contribution in [2.75, 3.05) is 0 Å². The Hall–Kier alpha value is -2.20. The van der Waals surface area contributed by atoms with E-state index in [1.807, 2.05) is 29.6 Å². The van der Waals surface area contributed by atoms with Crippen molar-refractivity contribution in [3.63, 3.8) is 0 Å². The van der Waals surface area contributed by atoms with Gasteiger partial charge in [-0.05, 0) is 61.2 Å². The molecule has 4 heteroatoms. The van der Waals surface area contributed by atoms with Crippen molar-refractivity contribution in [2.24, 2.45) is 0 Å². The quantitative estimate of drug-likeness (QED) is 0.660. The second-order valence-corrected chi connectivity index (χ2v) is 6.21. The summed E-state index contributed by atoms with van der Waals surface area (Å²) in [6.45, 7) is 0. The lowest BCUT2D eigenvalue weighted by Crippen LogP contribution is -1.94. The molecule has 0 unspecified atom stereocenters. The van der Waals surface area contributed by atoms with E-state index in [4.69, 9.17) is 4.74 Å². The van der Waals surface area contributed by atoms with Gasteiger partial charge in [0.2, 0.25) is 0 Å². The minimum atomic E-state index is -0.112. The van der Waals surface area contributed by atoms with Gasteiger partial charge < -0.3 is 4.74 Å². The van der Waals surface area contributed by atoms with Gasteiger partial charge in [-0.2, -0.15) is 0 Å². The molecule has 2 nitrogen and oxygen atoms in total. The molecule has 0 fully saturated rings. The van der Waals surface area contributed by atoms with Crippen molar-refractivity contribution in [1.82, 2.24) is 4.98 Å². The van der Waals surface area contributed by atoms with Gasteiger partial charge in [0, 0.05) is 22.7 Å². The van der Waals surface area contributed by atoms with Gasteiger partial charge in [0.15, 0.2) is 0 Å². The summed E-state index contributed by atoms with van der Waals surface area (Å²) >= 11 is 1.61. The molecule has 110 valence electrons. The Labute approximate surface area is 132 Å². The Morgan fingerprint density at radius 3 is 2.59 bits per heavy atom. The molecule has 0 radical (unpaired) electrons. The Bertz CT molecular complexity index is 797. The van der Waals surface area contributed by atoms with Crippen LogP contribution in [0.2, 0.25) is 0 Å². The number of rotatable bonds is 3. The zero-order valence-corrected chi connectivity index (χ0v) is 12.7. The van der Waals surface area contributed by atoms with Gasteiger partial charge >= 0.3 is 0 Å². The molecule has 1 aromatic heterocycles. The predicted molar refractivity (Wildman–Crippen MR) is 86.0 cm³/mol. The molecule has 0 amide bonds. The third-order valence-electron chi connectivity index (χ3n) is 3.95. The average molecular weight is 311 g/mol. The highest BCUT2D eigenvalue weighted by atomic mass is 32.1.